The van der Waals surface area contributed by atoms with E-state index in [0.717, 1.165) is 4.47 Å². The van der Waals surface area contributed by atoms with E-state index in [-0.39, 0.29) is 11.3 Å². The molecule has 1 nitrogen and oxygen atoms in total. The number of halogens is 1. The van der Waals surface area contributed by atoms with Crippen LogP contribution in [0.25, 0.3) is 0 Å². The van der Waals surface area contributed by atoms with E-state index >= 15 is 0 Å². The van der Waals surface area contributed by atoms with Gasteiger partial charge in [-0.3, -0.25) is 0 Å². The van der Waals surface area contributed by atoms with E-state index in [1.807, 2.05) is 0 Å². The summed E-state index contributed by atoms with van der Waals surface area (Å²) in [6.07, 6.45) is 0. The minimum atomic E-state index is 0.146. The summed E-state index contributed by atoms with van der Waals surface area (Å²) in [6, 6.07) is 8.73. The molecule has 1 aromatic carbocycles. The molecule has 0 N–H and O–H groups in total. The molecular weight excluding hydrogens is 250 g/mol. The molecule has 0 unspecified atom stereocenters. The molecule has 0 saturated heterocycles. The Hall–Kier alpha value is -0.810. The van der Waals surface area contributed by atoms with Gasteiger partial charge in [0.15, 0.2) is 0 Å². The molecule has 0 spiro atoms. The molecular formula is C13H14BrN. The maximum atomic E-state index is 9.06. The first-order valence-corrected chi connectivity index (χ1v) is 5.93. The van der Waals surface area contributed by atoms with Gasteiger partial charge in [-0.2, -0.15) is 5.26 Å². The quantitative estimate of drug-likeness (QED) is 0.751. The van der Waals surface area contributed by atoms with E-state index in [4.69, 9.17) is 5.26 Å². The summed E-state index contributed by atoms with van der Waals surface area (Å²) >= 11 is 3.46. The van der Waals surface area contributed by atoms with Gasteiger partial charge in [-0.1, -0.05) is 35.8 Å². The van der Waals surface area contributed by atoms with Crippen LogP contribution in [0.5, 0.6) is 0 Å². The standard InChI is InChI=1S/C13H14BrN/c1-8-6-9(14)4-5-10(8)12-11(7-15)13(12,2)3/h4-6,11-12H,1-3H3/t11-,12-/m0/s1. The van der Waals surface area contributed by atoms with Crippen LogP contribution in [-0.2, 0) is 0 Å². The van der Waals surface area contributed by atoms with Gasteiger partial charge in [-0.25, -0.2) is 0 Å². The van der Waals surface area contributed by atoms with Crippen molar-refractivity contribution in [2.45, 2.75) is 26.7 Å². The Kier molecular flexibility index (Phi) is 2.39. The van der Waals surface area contributed by atoms with Gasteiger partial charge in [0.1, 0.15) is 0 Å². The van der Waals surface area contributed by atoms with Crippen molar-refractivity contribution in [2.75, 3.05) is 0 Å². The van der Waals surface area contributed by atoms with Gasteiger partial charge in [0.2, 0.25) is 0 Å². The maximum Gasteiger partial charge on any atom is 0.0668 e. The summed E-state index contributed by atoms with van der Waals surface area (Å²) in [5.74, 6) is 0.591. The lowest BCUT2D eigenvalue weighted by Gasteiger charge is -2.07. The minimum absolute atomic E-state index is 0.146. The van der Waals surface area contributed by atoms with Crippen LogP contribution in [0, 0.1) is 29.6 Å². The molecule has 2 heteroatoms. The highest BCUT2D eigenvalue weighted by Crippen LogP contribution is 2.64. The monoisotopic (exact) mass is 263 g/mol. The zero-order valence-corrected chi connectivity index (χ0v) is 10.8. The van der Waals surface area contributed by atoms with Crippen LogP contribution in [0.2, 0.25) is 0 Å². The summed E-state index contributed by atoms with van der Waals surface area (Å²) in [5, 5.41) is 9.06. The molecule has 78 valence electrons. The first kappa shape index (κ1) is 10.7. The van der Waals surface area contributed by atoms with Crippen LogP contribution in [0.1, 0.15) is 30.9 Å². The average molecular weight is 264 g/mol. The van der Waals surface area contributed by atoms with Gasteiger partial charge in [-0.15, -0.1) is 0 Å². The smallest absolute Gasteiger partial charge is 0.0668 e. The number of nitrogens with zero attached hydrogens (tertiary/aromatic N) is 1. The molecule has 2 atom stereocenters. The largest absolute Gasteiger partial charge is 0.198 e. The lowest BCUT2D eigenvalue weighted by atomic mass is 9.99. The molecule has 15 heavy (non-hydrogen) atoms. The highest BCUT2D eigenvalue weighted by molar-refractivity contribution is 9.10. The normalized spacial score (nSPS) is 27.1. The summed E-state index contributed by atoms with van der Waals surface area (Å²) in [4.78, 5) is 0. The molecule has 2 rings (SSSR count). The molecule has 1 aliphatic carbocycles. The Morgan fingerprint density at radius 1 is 1.40 bits per heavy atom. The minimum Gasteiger partial charge on any atom is -0.198 e. The third-order valence-electron chi connectivity index (χ3n) is 3.53. The van der Waals surface area contributed by atoms with Crippen molar-refractivity contribution in [3.05, 3.63) is 33.8 Å². The second-order valence-electron chi connectivity index (χ2n) is 4.91. The Labute approximate surface area is 99.2 Å². The average Bonchev–Trinajstić information content (AvgIpc) is 2.68. The van der Waals surface area contributed by atoms with Crippen molar-refractivity contribution in [3.63, 3.8) is 0 Å². The molecule has 0 radical (unpaired) electrons. The molecule has 0 bridgehead atoms. The van der Waals surface area contributed by atoms with Gasteiger partial charge in [0, 0.05) is 10.4 Å². The summed E-state index contributed by atoms with van der Waals surface area (Å²) in [6.45, 7) is 6.46. The van der Waals surface area contributed by atoms with Crippen LogP contribution in [0.4, 0.5) is 0 Å². The zero-order chi connectivity index (χ0) is 11.2. The van der Waals surface area contributed by atoms with Crippen LogP contribution in [0.15, 0.2) is 22.7 Å². The van der Waals surface area contributed by atoms with Gasteiger partial charge >= 0.3 is 0 Å². The second kappa shape index (κ2) is 3.35. The second-order valence-corrected chi connectivity index (χ2v) is 5.82. The number of hydrogen-bond acceptors (Lipinski definition) is 1. The summed E-state index contributed by atoms with van der Waals surface area (Å²) in [5.41, 5.74) is 2.75. The van der Waals surface area contributed by atoms with Gasteiger partial charge in [0.05, 0.1) is 12.0 Å². The fourth-order valence-corrected chi connectivity index (χ4v) is 2.92. The number of rotatable bonds is 1. The Morgan fingerprint density at radius 2 is 2.07 bits per heavy atom. The molecule has 1 fully saturated rings. The van der Waals surface area contributed by atoms with Crippen molar-refractivity contribution in [1.29, 1.82) is 5.26 Å². The van der Waals surface area contributed by atoms with Crippen molar-refractivity contribution >= 4 is 15.9 Å². The predicted molar refractivity (Wildman–Crippen MR) is 64.5 cm³/mol. The number of hydrogen-bond donors (Lipinski definition) is 0. The van der Waals surface area contributed by atoms with E-state index in [9.17, 15) is 0 Å². The molecule has 0 amide bonds. The first-order chi connectivity index (χ1) is 6.98. The zero-order valence-electron chi connectivity index (χ0n) is 9.21. The predicted octanol–water partition coefficient (Wildman–Crippen LogP) is 4.02. The van der Waals surface area contributed by atoms with Crippen molar-refractivity contribution in [3.8, 4) is 6.07 Å². The van der Waals surface area contributed by atoms with Crippen LogP contribution in [0.3, 0.4) is 0 Å². The van der Waals surface area contributed by atoms with Gasteiger partial charge in [0.25, 0.3) is 0 Å². The fraction of sp³-hybridized carbons (Fsp3) is 0.462. The SMILES string of the molecule is Cc1cc(Br)ccc1[C@H]1[C@H](C#N)C1(C)C. The number of benzene rings is 1. The molecule has 0 aliphatic heterocycles. The summed E-state index contributed by atoms with van der Waals surface area (Å²) in [7, 11) is 0. The van der Waals surface area contributed by atoms with E-state index in [1.165, 1.54) is 11.1 Å². The molecule has 0 heterocycles. The van der Waals surface area contributed by atoms with Crippen LogP contribution >= 0.6 is 15.9 Å². The molecule has 1 aromatic rings. The van der Waals surface area contributed by atoms with Gasteiger partial charge in [-0.05, 0) is 35.6 Å². The third kappa shape index (κ3) is 1.59. The van der Waals surface area contributed by atoms with Crippen molar-refractivity contribution in [2.24, 2.45) is 11.3 Å². The number of nitriles is 1. The van der Waals surface area contributed by atoms with E-state index < -0.39 is 0 Å². The first-order valence-electron chi connectivity index (χ1n) is 5.14. The van der Waals surface area contributed by atoms with E-state index in [1.54, 1.807) is 0 Å². The Bertz CT molecular complexity index is 442. The van der Waals surface area contributed by atoms with Crippen molar-refractivity contribution in [1.82, 2.24) is 0 Å². The highest BCUT2D eigenvalue weighted by atomic mass is 79.9. The Balaban J connectivity index is 2.38. The fourth-order valence-electron chi connectivity index (χ4n) is 2.45. The highest BCUT2D eigenvalue weighted by Gasteiger charge is 2.59. The third-order valence-corrected chi connectivity index (χ3v) is 4.03. The van der Waals surface area contributed by atoms with Crippen LogP contribution in [-0.4, -0.2) is 0 Å². The molecule has 1 aliphatic rings. The van der Waals surface area contributed by atoms with Gasteiger partial charge < -0.3 is 0 Å². The molecule has 1 saturated carbocycles. The number of aryl methyl sites for hydroxylation is 1. The van der Waals surface area contributed by atoms with Crippen molar-refractivity contribution < 1.29 is 0 Å². The van der Waals surface area contributed by atoms with Crippen LogP contribution < -0.4 is 0 Å². The molecule has 0 aromatic heterocycles. The van der Waals surface area contributed by atoms with E-state index in [2.05, 4.69) is 61.0 Å². The summed E-state index contributed by atoms with van der Waals surface area (Å²) < 4.78 is 1.11. The maximum absolute atomic E-state index is 9.06. The topological polar surface area (TPSA) is 23.8 Å². The van der Waals surface area contributed by atoms with E-state index in [0.29, 0.717) is 5.92 Å². The Morgan fingerprint density at radius 3 is 2.53 bits per heavy atom. The lowest BCUT2D eigenvalue weighted by Crippen LogP contribution is -1.92. The lowest BCUT2D eigenvalue weighted by molar-refractivity contribution is 0.596.